The molecule has 0 aliphatic heterocycles. The van der Waals surface area contributed by atoms with Crippen molar-refractivity contribution in [1.29, 1.82) is 0 Å². The molecule has 18 heavy (non-hydrogen) atoms. The molecule has 0 saturated heterocycles. The van der Waals surface area contributed by atoms with Crippen LogP contribution in [-0.4, -0.2) is 15.1 Å². The van der Waals surface area contributed by atoms with Crippen LogP contribution in [0.5, 0.6) is 5.75 Å². The smallest absolute Gasteiger partial charge is 0.166 e. The lowest BCUT2D eigenvalue weighted by atomic mass is 10.1. The maximum absolute atomic E-state index is 9.49. The number of aliphatic hydroxyl groups is 1. The van der Waals surface area contributed by atoms with Crippen LogP contribution in [0.3, 0.4) is 0 Å². The SMILES string of the molecule is Cc1cc([C@@H](C)O)ccc1OCc1ncccn1. The van der Waals surface area contributed by atoms with Crippen LogP contribution >= 0.6 is 0 Å². The van der Waals surface area contributed by atoms with Crippen LogP contribution in [0.15, 0.2) is 36.7 Å². The highest BCUT2D eigenvalue weighted by molar-refractivity contribution is 5.36. The van der Waals surface area contributed by atoms with Crippen molar-refractivity contribution in [3.63, 3.8) is 0 Å². The van der Waals surface area contributed by atoms with Crippen LogP contribution in [0.25, 0.3) is 0 Å². The van der Waals surface area contributed by atoms with Gasteiger partial charge in [0.15, 0.2) is 5.82 Å². The van der Waals surface area contributed by atoms with Gasteiger partial charge in [0.25, 0.3) is 0 Å². The van der Waals surface area contributed by atoms with Crippen LogP contribution in [0.4, 0.5) is 0 Å². The molecule has 1 N–H and O–H groups in total. The first-order chi connectivity index (χ1) is 8.66. The maximum Gasteiger partial charge on any atom is 0.166 e. The van der Waals surface area contributed by atoms with Gasteiger partial charge in [0.05, 0.1) is 6.10 Å². The van der Waals surface area contributed by atoms with Crippen molar-refractivity contribution >= 4 is 0 Å². The van der Waals surface area contributed by atoms with Crippen molar-refractivity contribution in [3.8, 4) is 5.75 Å². The third-order valence-corrected chi connectivity index (χ3v) is 2.66. The van der Waals surface area contributed by atoms with Gasteiger partial charge in [0.1, 0.15) is 12.4 Å². The Morgan fingerprint density at radius 1 is 1.28 bits per heavy atom. The Balaban J connectivity index is 2.06. The van der Waals surface area contributed by atoms with Gasteiger partial charge in [0.2, 0.25) is 0 Å². The molecule has 0 bridgehead atoms. The molecular weight excluding hydrogens is 228 g/mol. The summed E-state index contributed by atoms with van der Waals surface area (Å²) in [6, 6.07) is 7.41. The molecule has 94 valence electrons. The third-order valence-electron chi connectivity index (χ3n) is 2.66. The first-order valence-electron chi connectivity index (χ1n) is 5.84. The number of hydrogen-bond donors (Lipinski definition) is 1. The van der Waals surface area contributed by atoms with Gasteiger partial charge in [-0.2, -0.15) is 0 Å². The highest BCUT2D eigenvalue weighted by Crippen LogP contribution is 2.23. The molecule has 4 heteroatoms. The molecule has 1 aromatic carbocycles. The fourth-order valence-electron chi connectivity index (χ4n) is 1.64. The van der Waals surface area contributed by atoms with E-state index in [1.54, 1.807) is 25.4 Å². The van der Waals surface area contributed by atoms with Crippen LogP contribution in [0, 0.1) is 6.92 Å². The standard InChI is InChI=1S/C14H16N2O2/c1-10-8-12(11(2)17)4-5-13(10)18-9-14-15-6-3-7-16-14/h3-8,11,17H,9H2,1-2H3/t11-/m1/s1. The van der Waals surface area contributed by atoms with Gasteiger partial charge in [0, 0.05) is 12.4 Å². The second-order valence-electron chi connectivity index (χ2n) is 4.15. The quantitative estimate of drug-likeness (QED) is 0.897. The Bertz CT molecular complexity index is 512. The topological polar surface area (TPSA) is 55.2 Å². The van der Waals surface area contributed by atoms with Crippen molar-refractivity contribution in [2.45, 2.75) is 26.6 Å². The van der Waals surface area contributed by atoms with E-state index >= 15 is 0 Å². The minimum absolute atomic E-state index is 0.343. The maximum atomic E-state index is 9.49. The molecule has 0 unspecified atom stereocenters. The lowest BCUT2D eigenvalue weighted by Gasteiger charge is -2.11. The van der Waals surface area contributed by atoms with Gasteiger partial charge in [-0.1, -0.05) is 6.07 Å². The molecule has 0 spiro atoms. The number of aryl methyl sites for hydroxylation is 1. The van der Waals surface area contributed by atoms with Gasteiger partial charge in [-0.15, -0.1) is 0 Å². The van der Waals surface area contributed by atoms with E-state index in [4.69, 9.17) is 4.74 Å². The molecule has 0 aliphatic rings. The summed E-state index contributed by atoms with van der Waals surface area (Å²) in [5.74, 6) is 1.43. The summed E-state index contributed by atoms with van der Waals surface area (Å²) < 4.78 is 5.65. The number of benzene rings is 1. The molecular formula is C14H16N2O2. The lowest BCUT2D eigenvalue weighted by molar-refractivity contribution is 0.199. The molecule has 0 fully saturated rings. The fourth-order valence-corrected chi connectivity index (χ4v) is 1.64. The van der Waals surface area contributed by atoms with E-state index in [-0.39, 0.29) is 0 Å². The Morgan fingerprint density at radius 3 is 2.61 bits per heavy atom. The van der Waals surface area contributed by atoms with Crippen LogP contribution in [0.1, 0.15) is 30.0 Å². The van der Waals surface area contributed by atoms with Gasteiger partial charge in [-0.3, -0.25) is 0 Å². The minimum atomic E-state index is -0.463. The van der Waals surface area contributed by atoms with Crippen molar-refractivity contribution in [2.75, 3.05) is 0 Å². The van der Waals surface area contributed by atoms with Crippen molar-refractivity contribution in [3.05, 3.63) is 53.6 Å². The van der Waals surface area contributed by atoms with Crippen LogP contribution in [0.2, 0.25) is 0 Å². The predicted octanol–water partition coefficient (Wildman–Crippen LogP) is 2.42. The Hall–Kier alpha value is -1.94. The second-order valence-corrected chi connectivity index (χ2v) is 4.15. The summed E-state index contributed by atoms with van der Waals surface area (Å²) in [5, 5.41) is 9.49. The largest absolute Gasteiger partial charge is 0.485 e. The molecule has 4 nitrogen and oxygen atoms in total. The zero-order valence-corrected chi connectivity index (χ0v) is 10.5. The lowest BCUT2D eigenvalue weighted by Crippen LogP contribution is -2.02. The summed E-state index contributed by atoms with van der Waals surface area (Å²) in [5.41, 5.74) is 1.88. The first kappa shape index (κ1) is 12.5. The van der Waals surface area contributed by atoms with E-state index in [1.165, 1.54) is 0 Å². The van der Waals surface area contributed by atoms with Crippen molar-refractivity contribution < 1.29 is 9.84 Å². The zero-order chi connectivity index (χ0) is 13.0. The summed E-state index contributed by atoms with van der Waals surface area (Å²) >= 11 is 0. The van der Waals surface area contributed by atoms with Gasteiger partial charge < -0.3 is 9.84 Å². The fraction of sp³-hybridized carbons (Fsp3) is 0.286. The average Bonchev–Trinajstić information content (AvgIpc) is 2.38. The van der Waals surface area contributed by atoms with Crippen LogP contribution < -0.4 is 4.74 Å². The van der Waals surface area contributed by atoms with E-state index in [2.05, 4.69) is 9.97 Å². The van der Waals surface area contributed by atoms with E-state index in [1.807, 2.05) is 25.1 Å². The molecule has 1 atom stereocenters. The van der Waals surface area contributed by atoms with Gasteiger partial charge >= 0.3 is 0 Å². The Labute approximate surface area is 106 Å². The van der Waals surface area contributed by atoms with Crippen molar-refractivity contribution in [1.82, 2.24) is 9.97 Å². The number of aromatic nitrogens is 2. The average molecular weight is 244 g/mol. The van der Waals surface area contributed by atoms with Crippen LogP contribution in [-0.2, 0) is 6.61 Å². The number of nitrogens with zero attached hydrogens (tertiary/aromatic N) is 2. The molecule has 0 aliphatic carbocycles. The highest BCUT2D eigenvalue weighted by atomic mass is 16.5. The number of hydrogen-bond acceptors (Lipinski definition) is 4. The summed E-state index contributed by atoms with van der Waals surface area (Å²) in [6.07, 6.45) is 2.92. The van der Waals surface area contributed by atoms with Gasteiger partial charge in [-0.25, -0.2) is 9.97 Å². The number of ether oxygens (including phenoxy) is 1. The zero-order valence-electron chi connectivity index (χ0n) is 10.5. The summed E-state index contributed by atoms with van der Waals surface area (Å²) in [7, 11) is 0. The monoisotopic (exact) mass is 244 g/mol. The summed E-state index contributed by atoms with van der Waals surface area (Å²) in [4.78, 5) is 8.19. The second kappa shape index (κ2) is 5.60. The molecule has 1 aromatic heterocycles. The Kier molecular flexibility index (Phi) is 3.89. The third kappa shape index (κ3) is 3.05. The van der Waals surface area contributed by atoms with Crippen molar-refractivity contribution in [2.24, 2.45) is 0 Å². The molecule has 1 heterocycles. The first-order valence-corrected chi connectivity index (χ1v) is 5.84. The predicted molar refractivity (Wildman–Crippen MR) is 68.2 cm³/mol. The Morgan fingerprint density at radius 2 is 2.00 bits per heavy atom. The summed E-state index contributed by atoms with van der Waals surface area (Å²) in [6.45, 7) is 4.04. The van der Waals surface area contributed by atoms with E-state index < -0.39 is 6.10 Å². The molecule has 0 radical (unpaired) electrons. The van der Waals surface area contributed by atoms with Gasteiger partial charge in [-0.05, 0) is 43.2 Å². The molecule has 0 amide bonds. The highest BCUT2D eigenvalue weighted by Gasteiger charge is 2.05. The normalized spacial score (nSPS) is 12.2. The van der Waals surface area contributed by atoms with E-state index in [9.17, 15) is 5.11 Å². The molecule has 2 rings (SSSR count). The van der Waals surface area contributed by atoms with E-state index in [0.29, 0.717) is 12.4 Å². The number of aliphatic hydroxyl groups excluding tert-OH is 1. The van der Waals surface area contributed by atoms with E-state index in [0.717, 1.165) is 16.9 Å². The number of rotatable bonds is 4. The molecule has 2 aromatic rings. The molecule has 0 saturated carbocycles. The minimum Gasteiger partial charge on any atom is -0.485 e.